The molecule has 182 valence electrons. The van der Waals surface area contributed by atoms with Crippen LogP contribution in [0.5, 0.6) is 11.5 Å². The van der Waals surface area contributed by atoms with E-state index in [1.807, 2.05) is 52.9 Å². The minimum Gasteiger partial charge on any atom is -0.491 e. The van der Waals surface area contributed by atoms with Gasteiger partial charge in [-0.25, -0.2) is 4.39 Å². The maximum Gasteiger partial charge on any atom is 0.131 e. The molecule has 0 bridgehead atoms. The minimum absolute atomic E-state index is 0.0207. The second kappa shape index (κ2) is 11.2. The Labute approximate surface area is 198 Å². The topological polar surface area (TPSA) is 45.2 Å². The number of halogens is 1. The Bertz CT molecular complexity index is 877. The first kappa shape index (κ1) is 25.3. The average molecular weight is 459 g/mol. The van der Waals surface area contributed by atoms with Gasteiger partial charge >= 0.3 is 0 Å². The SMILES string of the molecule is CC(C)Oc1ccc(N(C)CCC2(O)CCN(Cc3ccc(OC(C)C)cc3F)CC2)cc1. The van der Waals surface area contributed by atoms with Gasteiger partial charge in [-0.1, -0.05) is 6.07 Å². The maximum atomic E-state index is 14.5. The highest BCUT2D eigenvalue weighted by Gasteiger charge is 2.32. The third-order valence-electron chi connectivity index (χ3n) is 6.14. The third-order valence-corrected chi connectivity index (χ3v) is 6.14. The molecule has 0 spiro atoms. The summed E-state index contributed by atoms with van der Waals surface area (Å²) in [6, 6.07) is 13.2. The number of hydrogen-bond donors (Lipinski definition) is 1. The summed E-state index contributed by atoms with van der Waals surface area (Å²) in [5, 5.41) is 11.1. The predicted octanol–water partition coefficient (Wildman–Crippen LogP) is 5.25. The zero-order valence-electron chi connectivity index (χ0n) is 20.7. The molecule has 2 aromatic rings. The van der Waals surface area contributed by atoms with Crippen molar-refractivity contribution in [3.8, 4) is 11.5 Å². The summed E-state index contributed by atoms with van der Waals surface area (Å²) < 4.78 is 25.8. The van der Waals surface area contributed by atoms with Crippen LogP contribution in [0.4, 0.5) is 10.1 Å². The molecule has 0 radical (unpaired) electrons. The van der Waals surface area contributed by atoms with Crippen molar-refractivity contribution in [2.45, 2.75) is 71.3 Å². The van der Waals surface area contributed by atoms with Crippen LogP contribution in [0, 0.1) is 5.82 Å². The lowest BCUT2D eigenvalue weighted by molar-refractivity contribution is -0.0277. The Kier molecular flexibility index (Phi) is 8.60. The van der Waals surface area contributed by atoms with Crippen molar-refractivity contribution in [2.24, 2.45) is 0 Å². The molecule has 33 heavy (non-hydrogen) atoms. The fraction of sp³-hybridized carbons (Fsp3) is 0.556. The zero-order valence-corrected chi connectivity index (χ0v) is 20.7. The molecule has 0 unspecified atom stereocenters. The highest BCUT2D eigenvalue weighted by atomic mass is 19.1. The van der Waals surface area contributed by atoms with E-state index < -0.39 is 5.60 Å². The van der Waals surface area contributed by atoms with E-state index in [1.54, 1.807) is 6.07 Å². The summed E-state index contributed by atoms with van der Waals surface area (Å²) in [7, 11) is 2.05. The van der Waals surface area contributed by atoms with E-state index in [4.69, 9.17) is 9.47 Å². The molecule has 0 aromatic heterocycles. The smallest absolute Gasteiger partial charge is 0.131 e. The first-order valence-electron chi connectivity index (χ1n) is 12.0. The van der Waals surface area contributed by atoms with E-state index >= 15 is 0 Å². The van der Waals surface area contributed by atoms with Gasteiger partial charge in [-0.2, -0.15) is 0 Å². The Morgan fingerprint density at radius 2 is 1.55 bits per heavy atom. The molecule has 1 N–H and O–H groups in total. The number of piperidine rings is 1. The summed E-state index contributed by atoms with van der Waals surface area (Å²) in [5.74, 6) is 1.19. The Hall–Kier alpha value is -2.31. The van der Waals surface area contributed by atoms with Crippen LogP contribution in [0.3, 0.4) is 0 Å². The lowest BCUT2D eigenvalue weighted by Gasteiger charge is -2.39. The van der Waals surface area contributed by atoms with Gasteiger partial charge in [0.1, 0.15) is 17.3 Å². The van der Waals surface area contributed by atoms with E-state index in [0.29, 0.717) is 37.1 Å². The van der Waals surface area contributed by atoms with Crippen LogP contribution >= 0.6 is 0 Å². The van der Waals surface area contributed by atoms with Gasteiger partial charge in [0.2, 0.25) is 0 Å². The molecule has 0 atom stereocenters. The monoisotopic (exact) mass is 458 g/mol. The summed E-state index contributed by atoms with van der Waals surface area (Å²) >= 11 is 0. The van der Waals surface area contributed by atoms with E-state index in [2.05, 4.69) is 21.9 Å². The number of nitrogens with zero attached hydrogens (tertiary/aromatic N) is 2. The highest BCUT2D eigenvalue weighted by Crippen LogP contribution is 2.29. The van der Waals surface area contributed by atoms with Gasteiger partial charge in [0.15, 0.2) is 0 Å². The second-order valence-electron chi connectivity index (χ2n) is 9.75. The van der Waals surface area contributed by atoms with Crippen LogP contribution in [0.15, 0.2) is 42.5 Å². The predicted molar refractivity (Wildman–Crippen MR) is 132 cm³/mol. The Morgan fingerprint density at radius 3 is 2.12 bits per heavy atom. The fourth-order valence-electron chi connectivity index (χ4n) is 4.18. The van der Waals surface area contributed by atoms with Crippen LogP contribution < -0.4 is 14.4 Å². The first-order chi connectivity index (χ1) is 15.6. The molecule has 3 rings (SSSR count). The number of hydrogen-bond acceptors (Lipinski definition) is 5. The summed E-state index contributed by atoms with van der Waals surface area (Å²) in [6.07, 6.45) is 2.27. The fourth-order valence-corrected chi connectivity index (χ4v) is 4.18. The van der Waals surface area contributed by atoms with Gasteiger partial charge in [-0.05, 0) is 77.3 Å². The van der Waals surface area contributed by atoms with Gasteiger partial charge in [-0.3, -0.25) is 4.90 Å². The Balaban J connectivity index is 1.46. The van der Waals surface area contributed by atoms with Crippen LogP contribution in [-0.2, 0) is 6.54 Å². The molecule has 0 amide bonds. The number of ether oxygens (including phenoxy) is 2. The van der Waals surface area contributed by atoms with Gasteiger partial charge < -0.3 is 19.5 Å². The molecule has 6 heteroatoms. The molecular weight excluding hydrogens is 419 g/mol. The van der Waals surface area contributed by atoms with Gasteiger partial charge in [0.25, 0.3) is 0 Å². The van der Waals surface area contributed by atoms with Crippen molar-refractivity contribution in [1.29, 1.82) is 0 Å². The summed E-state index contributed by atoms with van der Waals surface area (Å²) in [4.78, 5) is 4.38. The van der Waals surface area contributed by atoms with Crippen LogP contribution in [0.25, 0.3) is 0 Å². The lowest BCUT2D eigenvalue weighted by Crippen LogP contribution is -2.45. The van der Waals surface area contributed by atoms with Gasteiger partial charge in [-0.15, -0.1) is 0 Å². The molecule has 1 fully saturated rings. The molecular formula is C27H39FN2O3. The molecule has 0 saturated carbocycles. The number of anilines is 1. The molecule has 5 nitrogen and oxygen atoms in total. The first-order valence-corrected chi connectivity index (χ1v) is 12.0. The molecule has 0 aliphatic carbocycles. The minimum atomic E-state index is -0.682. The van der Waals surface area contributed by atoms with E-state index in [-0.39, 0.29) is 18.0 Å². The van der Waals surface area contributed by atoms with E-state index in [0.717, 1.165) is 31.1 Å². The standard InChI is InChI=1S/C27H39FN2O3/c1-20(2)32-24-10-7-23(8-11-24)29(5)15-12-27(31)13-16-30(17-14-27)19-22-6-9-25(18-26(22)28)33-21(3)4/h6-11,18,20-21,31H,12-17,19H2,1-5H3. The van der Waals surface area contributed by atoms with Crippen LogP contribution in [0.1, 0.15) is 52.5 Å². The van der Waals surface area contributed by atoms with Gasteiger partial charge in [0, 0.05) is 50.5 Å². The number of likely N-dealkylation sites (tertiary alicyclic amines) is 1. The molecule has 1 saturated heterocycles. The van der Waals surface area contributed by atoms with E-state index in [9.17, 15) is 9.50 Å². The van der Waals surface area contributed by atoms with Crippen LogP contribution in [0.2, 0.25) is 0 Å². The van der Waals surface area contributed by atoms with Crippen molar-refractivity contribution in [2.75, 3.05) is 31.6 Å². The maximum absolute atomic E-state index is 14.5. The number of aliphatic hydroxyl groups is 1. The van der Waals surface area contributed by atoms with E-state index in [1.165, 1.54) is 6.07 Å². The number of rotatable bonds is 10. The zero-order chi connectivity index (χ0) is 24.0. The third kappa shape index (κ3) is 7.61. The quantitative estimate of drug-likeness (QED) is 0.527. The normalized spacial score (nSPS) is 16.3. The van der Waals surface area contributed by atoms with Crippen molar-refractivity contribution in [1.82, 2.24) is 4.90 Å². The van der Waals surface area contributed by atoms with Crippen LogP contribution in [-0.4, -0.2) is 54.5 Å². The number of benzene rings is 2. The lowest BCUT2D eigenvalue weighted by atomic mass is 9.88. The van der Waals surface area contributed by atoms with Crippen molar-refractivity contribution in [3.63, 3.8) is 0 Å². The molecule has 1 aliphatic rings. The van der Waals surface area contributed by atoms with Crippen molar-refractivity contribution >= 4 is 5.69 Å². The molecule has 1 heterocycles. The Morgan fingerprint density at radius 1 is 0.970 bits per heavy atom. The largest absolute Gasteiger partial charge is 0.491 e. The summed E-state index contributed by atoms with van der Waals surface area (Å²) in [5.41, 5.74) is 1.09. The molecule has 1 aliphatic heterocycles. The van der Waals surface area contributed by atoms with Crippen molar-refractivity contribution in [3.05, 3.63) is 53.8 Å². The second-order valence-corrected chi connectivity index (χ2v) is 9.75. The highest BCUT2D eigenvalue weighted by molar-refractivity contribution is 5.48. The molecule has 2 aromatic carbocycles. The van der Waals surface area contributed by atoms with Crippen molar-refractivity contribution < 1.29 is 19.0 Å². The summed E-state index contributed by atoms with van der Waals surface area (Å²) in [6.45, 7) is 10.7. The average Bonchev–Trinajstić information content (AvgIpc) is 2.75. The van der Waals surface area contributed by atoms with Gasteiger partial charge in [0.05, 0.1) is 17.8 Å².